The fraction of sp³-hybridized carbons (Fsp3) is 0.179. The molecule has 5 rings (SSSR count). The number of rotatable bonds is 7. The summed E-state index contributed by atoms with van der Waals surface area (Å²) in [5, 5.41) is 3.00. The van der Waals surface area contributed by atoms with Crippen molar-refractivity contribution in [1.29, 1.82) is 0 Å². The predicted molar refractivity (Wildman–Crippen MR) is 133 cm³/mol. The van der Waals surface area contributed by atoms with Crippen molar-refractivity contribution in [3.8, 4) is 11.5 Å². The fourth-order valence-electron chi connectivity index (χ4n) is 4.34. The van der Waals surface area contributed by atoms with Gasteiger partial charge in [-0.2, -0.15) is 0 Å². The van der Waals surface area contributed by atoms with E-state index >= 15 is 0 Å². The average Bonchev–Trinajstić information content (AvgIpc) is 3.39. The van der Waals surface area contributed by atoms with Crippen LogP contribution >= 0.6 is 0 Å². The maximum Gasteiger partial charge on any atom is 0.268 e. The lowest BCUT2D eigenvalue weighted by Gasteiger charge is -2.06. The molecule has 0 unspecified atom stereocenters. The number of ether oxygens (including phenoxy) is 1. The van der Waals surface area contributed by atoms with Crippen LogP contribution in [-0.2, 0) is 12.8 Å². The van der Waals surface area contributed by atoms with Gasteiger partial charge in [-0.1, -0.05) is 30.3 Å². The minimum atomic E-state index is -0.113. The van der Waals surface area contributed by atoms with E-state index in [4.69, 9.17) is 9.73 Å². The Bertz CT molecular complexity index is 1360. The minimum Gasteiger partial charge on any atom is -0.457 e. The third-order valence-corrected chi connectivity index (χ3v) is 5.99. The SMILES string of the molecule is Cc1[nH]c(C(=O)NCCc2ccccn2)c(C)c1C1=Nc2cc(Oc3ccccc3)ccc2C1. The number of hydrogen-bond acceptors (Lipinski definition) is 4. The Morgan fingerprint density at radius 3 is 2.65 bits per heavy atom. The van der Waals surface area contributed by atoms with Gasteiger partial charge < -0.3 is 15.0 Å². The maximum atomic E-state index is 12.9. The molecule has 1 amide bonds. The summed E-state index contributed by atoms with van der Waals surface area (Å²) in [7, 11) is 0. The molecule has 4 aromatic rings. The Morgan fingerprint density at radius 2 is 1.85 bits per heavy atom. The summed E-state index contributed by atoms with van der Waals surface area (Å²) in [6, 6.07) is 21.5. The standard InChI is InChI=1S/C28H26N4O2/c1-18-26(19(2)31-27(18)28(33)30-15-13-21-8-6-7-14-29-21)25-16-20-11-12-23(17-24(20)32-25)34-22-9-4-3-5-10-22/h3-12,14,17,31H,13,15-16H2,1-2H3,(H,30,33). The molecule has 1 aliphatic rings. The second-order valence-corrected chi connectivity index (χ2v) is 8.39. The van der Waals surface area contributed by atoms with Crippen molar-refractivity contribution in [2.45, 2.75) is 26.7 Å². The molecule has 170 valence electrons. The highest BCUT2D eigenvalue weighted by Crippen LogP contribution is 2.35. The van der Waals surface area contributed by atoms with E-state index in [1.165, 1.54) is 0 Å². The van der Waals surface area contributed by atoms with E-state index in [2.05, 4.69) is 21.4 Å². The molecule has 0 atom stereocenters. The molecule has 6 heteroatoms. The van der Waals surface area contributed by atoms with Crippen LogP contribution in [0.4, 0.5) is 5.69 Å². The number of aromatic nitrogens is 2. The monoisotopic (exact) mass is 450 g/mol. The van der Waals surface area contributed by atoms with Gasteiger partial charge in [0.2, 0.25) is 0 Å². The predicted octanol–water partition coefficient (Wildman–Crippen LogP) is 5.47. The van der Waals surface area contributed by atoms with Crippen molar-refractivity contribution in [3.63, 3.8) is 0 Å². The van der Waals surface area contributed by atoms with Crippen LogP contribution in [0.3, 0.4) is 0 Å². The van der Waals surface area contributed by atoms with E-state index in [1.54, 1.807) is 6.20 Å². The van der Waals surface area contributed by atoms with Crippen molar-refractivity contribution in [2.24, 2.45) is 4.99 Å². The van der Waals surface area contributed by atoms with Gasteiger partial charge >= 0.3 is 0 Å². The summed E-state index contributed by atoms with van der Waals surface area (Å²) in [6.07, 6.45) is 3.17. The number of nitrogens with zero attached hydrogens (tertiary/aromatic N) is 2. The maximum absolute atomic E-state index is 12.9. The number of fused-ring (bicyclic) bond motifs is 1. The van der Waals surface area contributed by atoms with Gasteiger partial charge in [-0.05, 0) is 55.3 Å². The van der Waals surface area contributed by atoms with E-state index < -0.39 is 0 Å². The first-order valence-electron chi connectivity index (χ1n) is 11.4. The summed E-state index contributed by atoms with van der Waals surface area (Å²) >= 11 is 0. The number of aryl methyl sites for hydroxylation is 1. The molecule has 0 bridgehead atoms. The number of H-pyrrole nitrogens is 1. The van der Waals surface area contributed by atoms with Crippen LogP contribution in [0.15, 0.2) is 77.9 Å². The molecule has 2 N–H and O–H groups in total. The Balaban J connectivity index is 1.31. The molecular formula is C28H26N4O2. The summed E-state index contributed by atoms with van der Waals surface area (Å²) in [4.78, 5) is 25.3. The van der Waals surface area contributed by atoms with Crippen LogP contribution in [0.25, 0.3) is 0 Å². The highest BCUT2D eigenvalue weighted by molar-refractivity contribution is 6.10. The number of carbonyl (C=O) groups excluding carboxylic acids is 1. The Hall–Kier alpha value is -4.19. The van der Waals surface area contributed by atoms with Gasteiger partial charge in [0.05, 0.1) is 11.4 Å². The molecular weight excluding hydrogens is 424 g/mol. The number of carbonyl (C=O) groups is 1. The number of pyridine rings is 1. The Labute approximate surface area is 198 Å². The van der Waals surface area contributed by atoms with Crippen LogP contribution in [0, 0.1) is 13.8 Å². The molecule has 3 heterocycles. The number of aliphatic imine (C=N–C) groups is 1. The lowest BCUT2D eigenvalue weighted by Crippen LogP contribution is -2.26. The molecule has 0 radical (unpaired) electrons. The molecule has 0 spiro atoms. The zero-order valence-electron chi connectivity index (χ0n) is 19.3. The third-order valence-electron chi connectivity index (χ3n) is 5.99. The summed E-state index contributed by atoms with van der Waals surface area (Å²) in [5.74, 6) is 1.43. The first-order valence-corrected chi connectivity index (χ1v) is 11.4. The van der Waals surface area contributed by atoms with Gasteiger partial charge in [-0.25, -0.2) is 0 Å². The van der Waals surface area contributed by atoms with E-state index in [-0.39, 0.29) is 5.91 Å². The smallest absolute Gasteiger partial charge is 0.268 e. The van der Waals surface area contributed by atoms with Gasteiger partial charge in [0.1, 0.15) is 17.2 Å². The normalized spacial score (nSPS) is 12.2. The quantitative estimate of drug-likeness (QED) is 0.392. The van der Waals surface area contributed by atoms with Crippen molar-refractivity contribution < 1.29 is 9.53 Å². The van der Waals surface area contributed by atoms with Crippen LogP contribution < -0.4 is 10.1 Å². The number of amides is 1. The van der Waals surface area contributed by atoms with Crippen LogP contribution in [0.5, 0.6) is 11.5 Å². The first kappa shape index (κ1) is 21.6. The molecule has 0 saturated carbocycles. The fourth-order valence-corrected chi connectivity index (χ4v) is 4.34. The number of benzene rings is 2. The summed E-state index contributed by atoms with van der Waals surface area (Å²) in [5.41, 5.74) is 7.43. The van der Waals surface area contributed by atoms with E-state index in [9.17, 15) is 4.79 Å². The number of para-hydroxylation sites is 1. The van der Waals surface area contributed by atoms with Gasteiger partial charge in [-0.3, -0.25) is 14.8 Å². The molecule has 34 heavy (non-hydrogen) atoms. The van der Waals surface area contributed by atoms with Crippen molar-refractivity contribution in [1.82, 2.24) is 15.3 Å². The van der Waals surface area contributed by atoms with E-state index in [0.29, 0.717) is 18.7 Å². The second-order valence-electron chi connectivity index (χ2n) is 8.39. The molecule has 0 fully saturated rings. The zero-order chi connectivity index (χ0) is 23.5. The van der Waals surface area contributed by atoms with E-state index in [1.807, 2.05) is 74.5 Å². The lowest BCUT2D eigenvalue weighted by atomic mass is 10.0. The molecule has 0 aliphatic carbocycles. The molecule has 2 aromatic heterocycles. The second kappa shape index (κ2) is 9.35. The highest BCUT2D eigenvalue weighted by Gasteiger charge is 2.24. The van der Waals surface area contributed by atoms with E-state index in [0.717, 1.165) is 57.4 Å². The van der Waals surface area contributed by atoms with Crippen molar-refractivity contribution in [3.05, 3.63) is 107 Å². The topological polar surface area (TPSA) is 79.4 Å². The van der Waals surface area contributed by atoms with Gasteiger partial charge in [-0.15, -0.1) is 0 Å². The summed E-state index contributed by atoms with van der Waals surface area (Å²) in [6.45, 7) is 4.49. The number of hydrogen-bond donors (Lipinski definition) is 2. The van der Waals surface area contributed by atoms with Gasteiger partial charge in [0, 0.05) is 48.6 Å². The average molecular weight is 451 g/mol. The van der Waals surface area contributed by atoms with Gasteiger partial charge in [0.15, 0.2) is 0 Å². The number of aromatic amines is 1. The third kappa shape index (κ3) is 4.48. The van der Waals surface area contributed by atoms with Crippen LogP contribution in [0.1, 0.15) is 38.6 Å². The van der Waals surface area contributed by atoms with Crippen LogP contribution in [-0.4, -0.2) is 28.1 Å². The lowest BCUT2D eigenvalue weighted by molar-refractivity contribution is 0.0949. The van der Waals surface area contributed by atoms with Crippen molar-refractivity contribution in [2.75, 3.05) is 6.54 Å². The molecule has 1 aliphatic heterocycles. The van der Waals surface area contributed by atoms with Crippen LogP contribution in [0.2, 0.25) is 0 Å². The molecule has 2 aromatic carbocycles. The zero-order valence-corrected chi connectivity index (χ0v) is 19.3. The Morgan fingerprint density at radius 1 is 1.03 bits per heavy atom. The molecule has 0 saturated heterocycles. The van der Waals surface area contributed by atoms with Gasteiger partial charge in [0.25, 0.3) is 5.91 Å². The largest absolute Gasteiger partial charge is 0.457 e. The Kier molecular flexibility index (Phi) is 5.95. The highest BCUT2D eigenvalue weighted by atomic mass is 16.5. The molecule has 6 nitrogen and oxygen atoms in total. The van der Waals surface area contributed by atoms with Crippen molar-refractivity contribution >= 4 is 17.3 Å². The first-order chi connectivity index (χ1) is 16.6. The summed E-state index contributed by atoms with van der Waals surface area (Å²) < 4.78 is 5.96. The minimum absolute atomic E-state index is 0.113. The number of nitrogens with one attached hydrogen (secondary N) is 2.